The van der Waals surface area contributed by atoms with E-state index in [0.29, 0.717) is 22.5 Å². The molecule has 0 radical (unpaired) electrons. The lowest BCUT2D eigenvalue weighted by molar-refractivity contribution is -0.384. The van der Waals surface area contributed by atoms with Crippen LogP contribution in [0.1, 0.15) is 25.7 Å². The van der Waals surface area contributed by atoms with Gasteiger partial charge in [-0.05, 0) is 60.3 Å². The SMILES string of the molecule is O=C(CCC1CCCNC1)Nc1ccc([N+](=O)[O-])cc1Br. The largest absolute Gasteiger partial charge is 0.325 e. The molecule has 0 aliphatic carbocycles. The third kappa shape index (κ3) is 4.78. The highest BCUT2D eigenvalue weighted by Crippen LogP contribution is 2.27. The molecule has 6 nitrogen and oxygen atoms in total. The molecule has 1 aromatic rings. The molecule has 1 heterocycles. The maximum absolute atomic E-state index is 11.9. The van der Waals surface area contributed by atoms with Crippen molar-refractivity contribution in [3.8, 4) is 0 Å². The first-order chi connectivity index (χ1) is 10.1. The number of hydrogen-bond donors (Lipinski definition) is 2. The minimum absolute atomic E-state index is 0.00634. The van der Waals surface area contributed by atoms with Gasteiger partial charge in [0.1, 0.15) is 0 Å². The molecule has 2 N–H and O–H groups in total. The third-order valence-corrected chi connectivity index (χ3v) is 4.27. The van der Waals surface area contributed by atoms with Crippen molar-refractivity contribution in [2.24, 2.45) is 5.92 Å². The van der Waals surface area contributed by atoms with Crippen LogP contribution in [0.4, 0.5) is 11.4 Å². The summed E-state index contributed by atoms with van der Waals surface area (Å²) in [5, 5.41) is 16.8. The number of hydrogen-bond acceptors (Lipinski definition) is 4. The Balaban J connectivity index is 1.85. The number of rotatable bonds is 5. The minimum Gasteiger partial charge on any atom is -0.325 e. The lowest BCUT2D eigenvalue weighted by Crippen LogP contribution is -2.30. The molecule has 1 amide bonds. The van der Waals surface area contributed by atoms with Gasteiger partial charge in [-0.25, -0.2) is 0 Å². The van der Waals surface area contributed by atoms with Gasteiger partial charge in [-0.1, -0.05) is 0 Å². The van der Waals surface area contributed by atoms with Crippen molar-refractivity contribution in [3.05, 3.63) is 32.8 Å². The molecule has 1 saturated heterocycles. The van der Waals surface area contributed by atoms with Crippen LogP contribution in [-0.2, 0) is 4.79 Å². The first kappa shape index (κ1) is 15.9. The highest BCUT2D eigenvalue weighted by atomic mass is 79.9. The number of nitro groups is 1. The number of nitro benzene ring substituents is 1. The zero-order chi connectivity index (χ0) is 15.2. The minimum atomic E-state index is -0.466. The summed E-state index contributed by atoms with van der Waals surface area (Å²) >= 11 is 3.24. The number of carbonyl (C=O) groups is 1. The first-order valence-corrected chi connectivity index (χ1v) is 7.80. The van der Waals surface area contributed by atoms with Gasteiger partial charge in [-0.15, -0.1) is 0 Å². The molecule has 21 heavy (non-hydrogen) atoms. The number of carbonyl (C=O) groups excluding carboxylic acids is 1. The summed E-state index contributed by atoms with van der Waals surface area (Å²) in [4.78, 5) is 22.1. The van der Waals surface area contributed by atoms with Crippen LogP contribution >= 0.6 is 15.9 Å². The van der Waals surface area contributed by atoms with Crippen LogP contribution in [-0.4, -0.2) is 23.9 Å². The molecule has 0 saturated carbocycles. The predicted octanol–water partition coefficient (Wildman–Crippen LogP) is 3.08. The summed E-state index contributed by atoms with van der Waals surface area (Å²) in [6, 6.07) is 4.31. The summed E-state index contributed by atoms with van der Waals surface area (Å²) in [7, 11) is 0. The van der Waals surface area contributed by atoms with Crippen LogP contribution in [0, 0.1) is 16.0 Å². The maximum atomic E-state index is 11.9. The number of anilines is 1. The van der Waals surface area contributed by atoms with Gasteiger partial charge in [-0.3, -0.25) is 14.9 Å². The van der Waals surface area contributed by atoms with E-state index in [1.807, 2.05) is 0 Å². The topological polar surface area (TPSA) is 84.3 Å². The molecule has 1 aliphatic rings. The summed E-state index contributed by atoms with van der Waals surface area (Å²) in [5.74, 6) is 0.500. The second-order valence-corrected chi connectivity index (χ2v) is 6.07. The predicted molar refractivity (Wildman–Crippen MR) is 84.3 cm³/mol. The van der Waals surface area contributed by atoms with E-state index in [4.69, 9.17) is 0 Å². The number of nitrogens with one attached hydrogen (secondary N) is 2. The van der Waals surface area contributed by atoms with E-state index < -0.39 is 4.92 Å². The second kappa shape index (κ2) is 7.51. The normalized spacial score (nSPS) is 18.2. The monoisotopic (exact) mass is 355 g/mol. The fraction of sp³-hybridized carbons (Fsp3) is 0.500. The third-order valence-electron chi connectivity index (χ3n) is 3.62. The number of halogens is 1. The Bertz CT molecular complexity index is 530. The molecule has 1 atom stereocenters. The van der Waals surface area contributed by atoms with Gasteiger partial charge in [0.15, 0.2) is 0 Å². The van der Waals surface area contributed by atoms with Gasteiger partial charge >= 0.3 is 0 Å². The van der Waals surface area contributed by atoms with E-state index in [1.165, 1.54) is 25.0 Å². The van der Waals surface area contributed by atoms with E-state index in [0.717, 1.165) is 19.5 Å². The molecule has 1 fully saturated rings. The number of benzene rings is 1. The molecular formula is C14H18BrN3O3. The number of amides is 1. The van der Waals surface area contributed by atoms with Crippen LogP contribution in [0.3, 0.4) is 0 Å². The van der Waals surface area contributed by atoms with Crippen LogP contribution in [0.15, 0.2) is 22.7 Å². The van der Waals surface area contributed by atoms with E-state index >= 15 is 0 Å². The molecule has 2 rings (SSSR count). The zero-order valence-electron chi connectivity index (χ0n) is 11.6. The Labute approximate surface area is 131 Å². The zero-order valence-corrected chi connectivity index (χ0v) is 13.2. The molecular weight excluding hydrogens is 338 g/mol. The molecule has 114 valence electrons. The van der Waals surface area contributed by atoms with Crippen LogP contribution in [0.5, 0.6) is 0 Å². The van der Waals surface area contributed by atoms with E-state index in [9.17, 15) is 14.9 Å². The Hall–Kier alpha value is -1.47. The summed E-state index contributed by atoms with van der Waals surface area (Å²) in [5.41, 5.74) is 0.556. The molecule has 1 unspecified atom stereocenters. The average Bonchev–Trinajstić information content (AvgIpc) is 2.48. The highest BCUT2D eigenvalue weighted by Gasteiger charge is 2.15. The van der Waals surface area contributed by atoms with Gasteiger partial charge in [0.2, 0.25) is 5.91 Å². The molecule has 0 aromatic heterocycles. The number of piperidine rings is 1. The van der Waals surface area contributed by atoms with Crippen molar-refractivity contribution in [3.63, 3.8) is 0 Å². The van der Waals surface area contributed by atoms with Crippen molar-refractivity contribution in [1.29, 1.82) is 0 Å². The summed E-state index contributed by atoms with van der Waals surface area (Å²) in [6.45, 7) is 2.05. The molecule has 7 heteroatoms. The van der Waals surface area contributed by atoms with Gasteiger partial charge in [0.05, 0.1) is 10.6 Å². The van der Waals surface area contributed by atoms with E-state index in [1.54, 1.807) is 6.07 Å². The van der Waals surface area contributed by atoms with Gasteiger partial charge in [0.25, 0.3) is 5.69 Å². The standard InChI is InChI=1S/C14H18BrN3O3/c15-12-8-11(18(20)21)4-5-13(12)17-14(19)6-3-10-2-1-7-16-9-10/h4-5,8,10,16H,1-3,6-7,9H2,(H,17,19). The van der Waals surface area contributed by atoms with Crippen LogP contribution in [0.2, 0.25) is 0 Å². The number of nitrogens with zero attached hydrogens (tertiary/aromatic N) is 1. The fourth-order valence-corrected chi connectivity index (χ4v) is 2.90. The average molecular weight is 356 g/mol. The van der Waals surface area contributed by atoms with E-state index in [-0.39, 0.29) is 11.6 Å². The first-order valence-electron chi connectivity index (χ1n) is 7.01. The van der Waals surface area contributed by atoms with Crippen LogP contribution in [0.25, 0.3) is 0 Å². The second-order valence-electron chi connectivity index (χ2n) is 5.22. The lowest BCUT2D eigenvalue weighted by atomic mass is 9.94. The molecule has 1 aromatic carbocycles. The van der Waals surface area contributed by atoms with Crippen molar-refractivity contribution in [2.45, 2.75) is 25.7 Å². The van der Waals surface area contributed by atoms with Crippen LogP contribution < -0.4 is 10.6 Å². The Morgan fingerprint density at radius 2 is 2.33 bits per heavy atom. The van der Waals surface area contributed by atoms with Crippen molar-refractivity contribution >= 4 is 33.2 Å². The molecule has 1 aliphatic heterocycles. The van der Waals surface area contributed by atoms with E-state index in [2.05, 4.69) is 26.6 Å². The molecule has 0 bridgehead atoms. The number of non-ortho nitro benzene ring substituents is 1. The molecule has 0 spiro atoms. The Kier molecular flexibility index (Phi) is 5.69. The van der Waals surface area contributed by atoms with Crippen molar-refractivity contribution in [1.82, 2.24) is 5.32 Å². The highest BCUT2D eigenvalue weighted by molar-refractivity contribution is 9.10. The van der Waals surface area contributed by atoms with Crippen molar-refractivity contribution in [2.75, 3.05) is 18.4 Å². The summed E-state index contributed by atoms with van der Waals surface area (Å²) in [6.07, 6.45) is 3.67. The quantitative estimate of drug-likeness (QED) is 0.627. The van der Waals surface area contributed by atoms with Gasteiger partial charge < -0.3 is 10.6 Å². The van der Waals surface area contributed by atoms with Gasteiger partial charge in [0, 0.05) is 23.0 Å². The lowest BCUT2D eigenvalue weighted by Gasteiger charge is -2.22. The Morgan fingerprint density at radius 3 is 2.95 bits per heavy atom. The smallest absolute Gasteiger partial charge is 0.270 e. The summed E-state index contributed by atoms with van der Waals surface area (Å²) < 4.78 is 0.518. The van der Waals surface area contributed by atoms with Crippen molar-refractivity contribution < 1.29 is 9.72 Å². The fourth-order valence-electron chi connectivity index (χ4n) is 2.44. The maximum Gasteiger partial charge on any atom is 0.270 e. The Morgan fingerprint density at radius 1 is 1.52 bits per heavy atom. The van der Waals surface area contributed by atoms with Gasteiger partial charge in [-0.2, -0.15) is 0 Å².